The van der Waals surface area contributed by atoms with E-state index in [4.69, 9.17) is 9.47 Å². The Morgan fingerprint density at radius 3 is 2.25 bits per heavy atom. The summed E-state index contributed by atoms with van der Waals surface area (Å²) < 4.78 is 13.3. The van der Waals surface area contributed by atoms with Crippen LogP contribution in [0.2, 0.25) is 0 Å². The van der Waals surface area contributed by atoms with Crippen LogP contribution in [0, 0.1) is 0 Å². The van der Waals surface area contributed by atoms with Crippen LogP contribution in [-0.2, 0) is 0 Å². The molecule has 0 aliphatic rings. The van der Waals surface area contributed by atoms with Crippen molar-refractivity contribution in [2.75, 3.05) is 13.7 Å². The van der Waals surface area contributed by atoms with Gasteiger partial charge in [0.25, 0.3) is 0 Å². The zero-order valence-electron chi connectivity index (χ0n) is 18.7. The molecule has 3 aromatic carbocycles. The lowest BCUT2D eigenvalue weighted by atomic mass is 10.1. The number of pyridine rings is 1. The van der Waals surface area contributed by atoms with E-state index in [1.54, 1.807) is 13.2 Å². The highest BCUT2D eigenvalue weighted by atomic mass is 16.5. The first-order valence-corrected chi connectivity index (χ1v) is 11.2. The molecule has 0 saturated carbocycles. The van der Waals surface area contributed by atoms with Crippen LogP contribution in [0.25, 0.3) is 27.8 Å². The van der Waals surface area contributed by atoms with Gasteiger partial charge in [0.1, 0.15) is 11.5 Å². The number of fused-ring (bicyclic) bond motifs is 1. The monoisotopic (exact) mass is 427 g/mol. The Balaban J connectivity index is 1.72. The van der Waals surface area contributed by atoms with E-state index in [0.29, 0.717) is 5.39 Å². The highest BCUT2D eigenvalue weighted by molar-refractivity contribution is 5.84. The highest BCUT2D eigenvalue weighted by Crippen LogP contribution is 2.29. The average molecular weight is 428 g/mol. The van der Waals surface area contributed by atoms with E-state index in [0.717, 1.165) is 47.0 Å². The van der Waals surface area contributed by atoms with Crippen molar-refractivity contribution in [3.8, 4) is 28.4 Å². The quantitative estimate of drug-likeness (QED) is 0.282. The van der Waals surface area contributed by atoms with Gasteiger partial charge in [-0.3, -0.25) is 4.79 Å². The predicted octanol–water partition coefficient (Wildman–Crippen LogP) is 6.63. The number of ether oxygens (including phenoxy) is 2. The summed E-state index contributed by atoms with van der Waals surface area (Å²) in [4.78, 5) is 12.9. The SMILES string of the molecule is CCCCCCOc1ccc(-c2cc(=O)c3ccccc3n2-c2ccc(OC)cc2)cc1. The Bertz CT molecular complexity index is 1220. The molecule has 0 saturated heterocycles. The molecule has 0 fully saturated rings. The minimum Gasteiger partial charge on any atom is -0.497 e. The summed E-state index contributed by atoms with van der Waals surface area (Å²) in [5.74, 6) is 1.64. The van der Waals surface area contributed by atoms with Crippen molar-refractivity contribution in [1.29, 1.82) is 0 Å². The minimum atomic E-state index is 0.0108. The van der Waals surface area contributed by atoms with Crippen LogP contribution >= 0.6 is 0 Å². The first kappa shape index (κ1) is 21.7. The zero-order chi connectivity index (χ0) is 22.3. The highest BCUT2D eigenvalue weighted by Gasteiger charge is 2.13. The Morgan fingerprint density at radius 1 is 0.812 bits per heavy atom. The smallest absolute Gasteiger partial charge is 0.190 e. The number of nitrogens with zero attached hydrogens (tertiary/aromatic N) is 1. The molecular formula is C28H29NO3. The fourth-order valence-electron chi connectivity index (χ4n) is 3.94. The number of unbranched alkanes of at least 4 members (excludes halogenated alkanes) is 3. The normalized spacial score (nSPS) is 10.9. The Kier molecular flexibility index (Phi) is 6.90. The largest absolute Gasteiger partial charge is 0.497 e. The molecule has 164 valence electrons. The second kappa shape index (κ2) is 10.2. The molecule has 0 aliphatic heterocycles. The van der Waals surface area contributed by atoms with E-state index in [-0.39, 0.29) is 5.43 Å². The fourth-order valence-corrected chi connectivity index (χ4v) is 3.94. The van der Waals surface area contributed by atoms with Gasteiger partial charge in [0.05, 0.1) is 24.9 Å². The first-order chi connectivity index (χ1) is 15.7. The molecule has 0 spiro atoms. The van der Waals surface area contributed by atoms with Crippen LogP contribution in [0.5, 0.6) is 11.5 Å². The third-order valence-corrected chi connectivity index (χ3v) is 5.67. The van der Waals surface area contributed by atoms with Crippen LogP contribution in [0.1, 0.15) is 32.6 Å². The van der Waals surface area contributed by atoms with Crippen LogP contribution in [0.15, 0.2) is 83.7 Å². The number of aromatic nitrogens is 1. The Morgan fingerprint density at radius 2 is 1.53 bits per heavy atom. The van der Waals surface area contributed by atoms with Gasteiger partial charge in [-0.2, -0.15) is 0 Å². The van der Waals surface area contributed by atoms with Gasteiger partial charge >= 0.3 is 0 Å². The van der Waals surface area contributed by atoms with Gasteiger partial charge < -0.3 is 14.0 Å². The second-order valence-electron chi connectivity index (χ2n) is 7.88. The maximum Gasteiger partial charge on any atom is 0.190 e. The summed E-state index contributed by atoms with van der Waals surface area (Å²) in [6, 6.07) is 25.3. The molecular weight excluding hydrogens is 398 g/mol. The molecule has 32 heavy (non-hydrogen) atoms. The summed E-state index contributed by atoms with van der Waals surface area (Å²) in [7, 11) is 1.66. The lowest BCUT2D eigenvalue weighted by Gasteiger charge is -2.18. The molecule has 0 radical (unpaired) electrons. The molecule has 1 heterocycles. The standard InChI is InChI=1S/C28H29NO3/c1-3-4-5-8-19-32-24-15-11-21(12-16-24)27-20-28(30)25-9-6-7-10-26(25)29(27)22-13-17-23(31-2)18-14-22/h6-7,9-18,20H,3-5,8,19H2,1-2H3. The third kappa shape index (κ3) is 4.70. The molecule has 0 N–H and O–H groups in total. The van der Waals surface area contributed by atoms with Crippen LogP contribution in [0.4, 0.5) is 0 Å². The van der Waals surface area contributed by atoms with Crippen molar-refractivity contribution >= 4 is 10.9 Å². The van der Waals surface area contributed by atoms with Crippen molar-refractivity contribution in [3.05, 3.63) is 89.1 Å². The molecule has 4 rings (SSSR count). The van der Waals surface area contributed by atoms with Crippen LogP contribution < -0.4 is 14.9 Å². The Hall–Kier alpha value is -3.53. The van der Waals surface area contributed by atoms with Crippen LogP contribution in [0.3, 0.4) is 0 Å². The van der Waals surface area contributed by atoms with Crippen molar-refractivity contribution in [3.63, 3.8) is 0 Å². The van der Waals surface area contributed by atoms with Gasteiger partial charge in [0.2, 0.25) is 0 Å². The molecule has 4 aromatic rings. The fraction of sp³-hybridized carbons (Fsp3) is 0.250. The average Bonchev–Trinajstić information content (AvgIpc) is 2.84. The van der Waals surface area contributed by atoms with E-state index < -0.39 is 0 Å². The lowest BCUT2D eigenvalue weighted by Crippen LogP contribution is -2.10. The van der Waals surface area contributed by atoms with Crippen molar-refractivity contribution in [1.82, 2.24) is 4.57 Å². The van der Waals surface area contributed by atoms with Gasteiger partial charge in [-0.25, -0.2) is 0 Å². The van der Waals surface area contributed by atoms with Gasteiger partial charge in [-0.15, -0.1) is 0 Å². The van der Waals surface area contributed by atoms with E-state index in [9.17, 15) is 4.79 Å². The first-order valence-electron chi connectivity index (χ1n) is 11.2. The number of para-hydroxylation sites is 1. The van der Waals surface area contributed by atoms with Crippen LogP contribution in [-0.4, -0.2) is 18.3 Å². The summed E-state index contributed by atoms with van der Waals surface area (Å²) in [5, 5.41) is 0.694. The summed E-state index contributed by atoms with van der Waals surface area (Å²) in [5.41, 5.74) is 3.65. The third-order valence-electron chi connectivity index (χ3n) is 5.67. The summed E-state index contributed by atoms with van der Waals surface area (Å²) >= 11 is 0. The van der Waals surface area contributed by atoms with Gasteiger partial charge in [-0.05, 0) is 72.6 Å². The van der Waals surface area contributed by atoms with E-state index >= 15 is 0 Å². The topological polar surface area (TPSA) is 40.5 Å². The van der Waals surface area contributed by atoms with Crippen molar-refractivity contribution in [2.24, 2.45) is 0 Å². The molecule has 0 unspecified atom stereocenters. The summed E-state index contributed by atoms with van der Waals surface area (Å²) in [6.45, 7) is 2.93. The number of hydrogen-bond donors (Lipinski definition) is 0. The van der Waals surface area contributed by atoms with E-state index in [1.165, 1.54) is 19.3 Å². The predicted molar refractivity (Wildman–Crippen MR) is 131 cm³/mol. The van der Waals surface area contributed by atoms with Crippen molar-refractivity contribution in [2.45, 2.75) is 32.6 Å². The zero-order valence-corrected chi connectivity index (χ0v) is 18.7. The molecule has 0 amide bonds. The molecule has 4 heteroatoms. The lowest BCUT2D eigenvalue weighted by molar-refractivity contribution is 0.305. The molecule has 0 aliphatic carbocycles. The molecule has 0 atom stereocenters. The van der Waals surface area contributed by atoms with E-state index in [2.05, 4.69) is 11.5 Å². The second-order valence-corrected chi connectivity index (χ2v) is 7.88. The van der Waals surface area contributed by atoms with Gasteiger partial charge in [0.15, 0.2) is 5.43 Å². The number of rotatable bonds is 9. The van der Waals surface area contributed by atoms with Gasteiger partial charge in [0, 0.05) is 17.1 Å². The molecule has 1 aromatic heterocycles. The number of benzene rings is 3. The summed E-state index contributed by atoms with van der Waals surface area (Å²) in [6.07, 6.45) is 4.72. The van der Waals surface area contributed by atoms with Gasteiger partial charge in [-0.1, -0.05) is 38.3 Å². The Labute approximate surface area is 189 Å². The number of hydrogen-bond acceptors (Lipinski definition) is 3. The molecule has 4 nitrogen and oxygen atoms in total. The number of methoxy groups -OCH3 is 1. The van der Waals surface area contributed by atoms with E-state index in [1.807, 2.05) is 72.8 Å². The maximum atomic E-state index is 12.9. The molecule has 0 bridgehead atoms. The maximum absolute atomic E-state index is 12.9. The minimum absolute atomic E-state index is 0.0108. The van der Waals surface area contributed by atoms with Crippen molar-refractivity contribution < 1.29 is 9.47 Å².